The minimum absolute atomic E-state index is 0.163. The van der Waals surface area contributed by atoms with E-state index in [1.807, 2.05) is 18.2 Å². The van der Waals surface area contributed by atoms with E-state index in [4.69, 9.17) is 11.6 Å². The highest BCUT2D eigenvalue weighted by Gasteiger charge is 2.13. The first kappa shape index (κ1) is 16.4. The summed E-state index contributed by atoms with van der Waals surface area (Å²) in [6, 6.07) is 13.5. The second kappa shape index (κ2) is 6.68. The lowest BCUT2D eigenvalue weighted by molar-refractivity contribution is 0.622. The third-order valence-electron chi connectivity index (χ3n) is 4.01. The first-order chi connectivity index (χ1) is 12.6. The zero-order valence-corrected chi connectivity index (χ0v) is 14.3. The molecule has 0 radical (unpaired) electrons. The average Bonchev–Trinajstić information content (AvgIpc) is 3.03. The molecule has 0 amide bonds. The third-order valence-corrected chi connectivity index (χ3v) is 4.38. The van der Waals surface area contributed by atoms with Crippen molar-refractivity contribution < 1.29 is 4.39 Å². The maximum atomic E-state index is 13.3. The first-order valence-electron chi connectivity index (χ1n) is 7.88. The highest BCUT2D eigenvalue weighted by atomic mass is 35.5. The lowest BCUT2D eigenvalue weighted by Gasteiger charge is -2.06. The van der Waals surface area contributed by atoms with Crippen molar-refractivity contribution in [2.24, 2.45) is 0 Å². The van der Waals surface area contributed by atoms with E-state index in [1.54, 1.807) is 18.2 Å². The molecule has 0 atom stereocenters. The van der Waals surface area contributed by atoms with Gasteiger partial charge in [-0.15, -0.1) is 5.10 Å². The molecular formula is C18H13ClFN5O. The minimum atomic E-state index is -0.352. The normalized spacial score (nSPS) is 11.2. The Morgan fingerprint density at radius 3 is 2.73 bits per heavy atom. The van der Waals surface area contributed by atoms with Gasteiger partial charge in [-0.2, -0.15) is 0 Å². The number of benzene rings is 2. The van der Waals surface area contributed by atoms with Gasteiger partial charge in [-0.3, -0.25) is 9.36 Å². The highest BCUT2D eigenvalue weighted by molar-refractivity contribution is 6.31. The van der Waals surface area contributed by atoms with E-state index >= 15 is 0 Å². The molecule has 2 aromatic carbocycles. The molecule has 26 heavy (non-hydrogen) atoms. The smallest absolute Gasteiger partial charge is 0.283 e. The maximum Gasteiger partial charge on any atom is 0.283 e. The van der Waals surface area contributed by atoms with Crippen LogP contribution >= 0.6 is 11.6 Å². The van der Waals surface area contributed by atoms with Crippen molar-refractivity contribution in [3.05, 3.63) is 87.2 Å². The third kappa shape index (κ3) is 3.09. The molecule has 2 aromatic heterocycles. The zero-order chi connectivity index (χ0) is 18.1. The molecule has 0 bridgehead atoms. The van der Waals surface area contributed by atoms with Crippen LogP contribution in [0.4, 0.5) is 4.39 Å². The van der Waals surface area contributed by atoms with Crippen LogP contribution in [0.15, 0.2) is 59.7 Å². The van der Waals surface area contributed by atoms with Crippen LogP contribution in [0.25, 0.3) is 11.2 Å². The number of aromatic nitrogens is 5. The van der Waals surface area contributed by atoms with Crippen LogP contribution < -0.4 is 5.56 Å². The van der Waals surface area contributed by atoms with Crippen molar-refractivity contribution >= 4 is 22.8 Å². The summed E-state index contributed by atoms with van der Waals surface area (Å²) in [5.74, 6) is -0.352. The number of rotatable bonds is 4. The number of hydrogen-bond acceptors (Lipinski definition) is 4. The fourth-order valence-corrected chi connectivity index (χ4v) is 2.92. The van der Waals surface area contributed by atoms with Gasteiger partial charge in [-0.05, 0) is 29.3 Å². The molecule has 0 saturated carbocycles. The largest absolute Gasteiger partial charge is 0.293 e. The number of fused-ring (bicyclic) bond motifs is 1. The predicted molar refractivity (Wildman–Crippen MR) is 95.6 cm³/mol. The molecule has 0 saturated heterocycles. The van der Waals surface area contributed by atoms with Gasteiger partial charge in [0.25, 0.3) is 5.56 Å². The van der Waals surface area contributed by atoms with E-state index < -0.39 is 0 Å². The topological polar surface area (TPSA) is 65.6 Å². The Bertz CT molecular complexity index is 1150. The number of nitrogens with zero attached hydrogens (tertiary/aromatic N) is 5. The Morgan fingerprint density at radius 1 is 1.08 bits per heavy atom. The summed E-state index contributed by atoms with van der Waals surface area (Å²) in [5, 5.41) is 8.60. The van der Waals surface area contributed by atoms with Gasteiger partial charge in [0.1, 0.15) is 12.1 Å². The molecule has 2 heterocycles. The predicted octanol–water partition coefficient (Wildman–Crippen LogP) is 2.88. The van der Waals surface area contributed by atoms with Crippen molar-refractivity contribution in [1.29, 1.82) is 0 Å². The van der Waals surface area contributed by atoms with Crippen LogP contribution in [-0.4, -0.2) is 24.5 Å². The standard InChI is InChI=1S/C18H13ClFN5O/c19-15-7-2-1-5-13(15)10-25-17-16(22-23-25)18(26)24(11-21-17)9-12-4-3-6-14(20)8-12/h1-8,11H,9-10H2. The average molecular weight is 370 g/mol. The molecule has 4 aromatic rings. The van der Waals surface area contributed by atoms with Gasteiger partial charge in [0.15, 0.2) is 11.2 Å². The maximum absolute atomic E-state index is 13.3. The fourth-order valence-electron chi connectivity index (χ4n) is 2.73. The molecule has 0 aliphatic carbocycles. The summed E-state index contributed by atoms with van der Waals surface area (Å²) >= 11 is 6.17. The Morgan fingerprint density at radius 2 is 1.92 bits per heavy atom. The van der Waals surface area contributed by atoms with E-state index in [2.05, 4.69) is 15.3 Å². The minimum Gasteiger partial charge on any atom is -0.293 e. The van der Waals surface area contributed by atoms with Gasteiger partial charge in [0.2, 0.25) is 0 Å². The zero-order valence-electron chi connectivity index (χ0n) is 13.5. The second-order valence-corrected chi connectivity index (χ2v) is 6.23. The van der Waals surface area contributed by atoms with Crippen molar-refractivity contribution in [3.63, 3.8) is 0 Å². The van der Waals surface area contributed by atoms with Crippen LogP contribution in [0, 0.1) is 5.82 Å². The van der Waals surface area contributed by atoms with Crippen molar-refractivity contribution in [2.75, 3.05) is 0 Å². The molecule has 0 unspecified atom stereocenters. The van der Waals surface area contributed by atoms with E-state index in [1.165, 1.54) is 27.7 Å². The summed E-state index contributed by atoms with van der Waals surface area (Å²) in [6.07, 6.45) is 1.42. The molecular weight excluding hydrogens is 357 g/mol. The summed E-state index contributed by atoms with van der Waals surface area (Å²) in [7, 11) is 0. The Kier molecular flexibility index (Phi) is 4.22. The quantitative estimate of drug-likeness (QED) is 0.555. The summed E-state index contributed by atoms with van der Waals surface area (Å²) in [5.41, 5.74) is 1.73. The van der Waals surface area contributed by atoms with Gasteiger partial charge >= 0.3 is 0 Å². The van der Waals surface area contributed by atoms with Crippen molar-refractivity contribution in [1.82, 2.24) is 24.5 Å². The van der Waals surface area contributed by atoms with Gasteiger partial charge in [0.05, 0.1) is 13.1 Å². The summed E-state index contributed by atoms with van der Waals surface area (Å²) in [6.45, 7) is 0.563. The molecule has 0 N–H and O–H groups in total. The van der Waals surface area contributed by atoms with E-state index in [0.29, 0.717) is 22.8 Å². The molecule has 8 heteroatoms. The molecule has 0 spiro atoms. The molecule has 0 aliphatic heterocycles. The Labute approximate surface area is 152 Å². The summed E-state index contributed by atoms with van der Waals surface area (Å²) in [4.78, 5) is 16.9. The molecule has 0 fully saturated rings. The first-order valence-corrected chi connectivity index (χ1v) is 8.26. The van der Waals surface area contributed by atoms with Crippen LogP contribution in [0.5, 0.6) is 0 Å². The molecule has 0 aliphatic rings. The van der Waals surface area contributed by atoms with Crippen LogP contribution in [0.2, 0.25) is 5.02 Å². The van der Waals surface area contributed by atoms with Crippen LogP contribution in [0.1, 0.15) is 11.1 Å². The summed E-state index contributed by atoms with van der Waals surface area (Å²) < 4.78 is 16.2. The number of hydrogen-bond donors (Lipinski definition) is 0. The van der Waals surface area contributed by atoms with Gasteiger partial charge < -0.3 is 0 Å². The van der Waals surface area contributed by atoms with Crippen molar-refractivity contribution in [2.45, 2.75) is 13.1 Å². The lowest BCUT2D eigenvalue weighted by Crippen LogP contribution is -2.21. The molecule has 6 nitrogen and oxygen atoms in total. The number of halogens is 2. The molecule has 130 valence electrons. The fraction of sp³-hybridized carbons (Fsp3) is 0.111. The van der Waals surface area contributed by atoms with Crippen LogP contribution in [-0.2, 0) is 13.1 Å². The highest BCUT2D eigenvalue weighted by Crippen LogP contribution is 2.17. The van der Waals surface area contributed by atoms with Crippen LogP contribution in [0.3, 0.4) is 0 Å². The van der Waals surface area contributed by atoms with E-state index in [0.717, 1.165) is 5.56 Å². The van der Waals surface area contributed by atoms with Gasteiger partial charge in [0, 0.05) is 5.02 Å². The SMILES string of the molecule is O=c1c2nnn(Cc3ccccc3Cl)c2ncn1Cc1cccc(F)c1. The monoisotopic (exact) mass is 369 g/mol. The van der Waals surface area contributed by atoms with Gasteiger partial charge in [-0.1, -0.05) is 47.1 Å². The van der Waals surface area contributed by atoms with E-state index in [-0.39, 0.29) is 23.4 Å². The Hall–Kier alpha value is -3.06. The molecule has 4 rings (SSSR count). The van der Waals surface area contributed by atoms with Gasteiger partial charge in [-0.25, -0.2) is 14.1 Å². The lowest BCUT2D eigenvalue weighted by atomic mass is 10.2. The van der Waals surface area contributed by atoms with Crippen molar-refractivity contribution in [3.8, 4) is 0 Å². The van der Waals surface area contributed by atoms with E-state index in [9.17, 15) is 9.18 Å². The second-order valence-electron chi connectivity index (χ2n) is 5.82. The Balaban J connectivity index is 1.69.